The molecule has 6 nitrogen and oxygen atoms in total. The first-order valence-corrected chi connectivity index (χ1v) is 10.7. The van der Waals surface area contributed by atoms with E-state index in [1.807, 2.05) is 0 Å². The smallest absolute Gasteiger partial charge is 0.261 e. The number of H-pyrrole nitrogens is 1. The highest BCUT2D eigenvalue weighted by atomic mass is 35.5. The zero-order chi connectivity index (χ0) is 19.1. The first kappa shape index (κ1) is 19.2. The Hall–Kier alpha value is -1.59. The second kappa shape index (κ2) is 7.20. The Morgan fingerprint density at radius 2 is 2.15 bits per heavy atom. The van der Waals surface area contributed by atoms with Gasteiger partial charge in [-0.15, -0.1) is 0 Å². The number of nitrogens with one attached hydrogen (secondary N) is 1. The molecule has 140 valence electrons. The minimum absolute atomic E-state index is 0.479. The van der Waals surface area contributed by atoms with Gasteiger partial charge in [0.05, 0.1) is 12.3 Å². The molecular weight excluding hydrogens is 374 g/mol. The number of halogens is 1. The van der Waals surface area contributed by atoms with E-state index in [0.29, 0.717) is 30.6 Å². The number of fused-ring (bicyclic) bond motifs is 2. The SMILES string of the molecule is CN1C[C@H](CC#N)C[C@@H]2c3cccc4[nH]c(Cl)c(c34)C[C@H]21.CS(=O)(=O)O. The molecule has 0 amide bonds. The highest BCUT2D eigenvalue weighted by molar-refractivity contribution is 7.85. The quantitative estimate of drug-likeness (QED) is 0.722. The Bertz CT molecular complexity index is 956. The fourth-order valence-electron chi connectivity index (χ4n) is 4.37. The summed E-state index contributed by atoms with van der Waals surface area (Å²) in [7, 11) is -1.48. The van der Waals surface area contributed by atoms with Gasteiger partial charge in [-0.2, -0.15) is 13.7 Å². The molecule has 3 atom stereocenters. The van der Waals surface area contributed by atoms with Gasteiger partial charge in [0.2, 0.25) is 0 Å². The average molecular weight is 396 g/mol. The number of aromatic nitrogens is 1. The van der Waals surface area contributed by atoms with E-state index in [-0.39, 0.29) is 0 Å². The van der Waals surface area contributed by atoms with Gasteiger partial charge >= 0.3 is 0 Å². The van der Waals surface area contributed by atoms with E-state index in [0.717, 1.165) is 30.1 Å². The van der Waals surface area contributed by atoms with Crippen molar-refractivity contribution in [3.05, 3.63) is 34.5 Å². The standard InChI is InChI=1S/C17H18ClN3.CH4O3S/c1-21-9-10(5-6-19)7-12-11-3-2-4-14-16(11)13(8-15(12)21)17(18)20-14;1-5(2,3)4/h2-4,10,12,15,20H,5,7-9H2,1H3;1H3,(H,2,3,4)/t10-,12-,15-;/m1./s1. The molecule has 8 heteroatoms. The number of piperidine rings is 1. The number of nitriles is 1. The molecule has 0 saturated carbocycles. The fourth-order valence-corrected chi connectivity index (χ4v) is 4.65. The molecule has 1 aliphatic carbocycles. The van der Waals surface area contributed by atoms with Crippen LogP contribution < -0.4 is 0 Å². The summed E-state index contributed by atoms with van der Waals surface area (Å²) in [6.07, 6.45) is 3.50. The molecular formula is C18H22ClN3O3S. The molecule has 0 bridgehead atoms. The van der Waals surface area contributed by atoms with Crippen LogP contribution in [-0.4, -0.2) is 48.7 Å². The average Bonchev–Trinajstić information content (AvgIpc) is 2.85. The lowest BCUT2D eigenvalue weighted by atomic mass is 9.72. The Morgan fingerprint density at radius 1 is 1.46 bits per heavy atom. The number of benzene rings is 1. The van der Waals surface area contributed by atoms with E-state index in [2.05, 4.69) is 41.2 Å². The summed E-state index contributed by atoms with van der Waals surface area (Å²) in [6, 6.07) is 9.32. The van der Waals surface area contributed by atoms with Crippen molar-refractivity contribution in [2.45, 2.75) is 31.2 Å². The summed E-state index contributed by atoms with van der Waals surface area (Å²) in [6.45, 7) is 1.02. The van der Waals surface area contributed by atoms with Crippen molar-refractivity contribution >= 4 is 32.6 Å². The van der Waals surface area contributed by atoms with Gasteiger partial charge in [-0.05, 0) is 43.0 Å². The van der Waals surface area contributed by atoms with E-state index in [1.165, 1.54) is 16.5 Å². The molecule has 0 unspecified atom stereocenters. The third-order valence-corrected chi connectivity index (χ3v) is 5.59. The van der Waals surface area contributed by atoms with E-state index in [1.54, 1.807) is 0 Å². The third-order valence-electron chi connectivity index (χ3n) is 5.26. The van der Waals surface area contributed by atoms with Gasteiger partial charge in [-0.3, -0.25) is 4.55 Å². The maximum Gasteiger partial charge on any atom is 0.261 e. The van der Waals surface area contributed by atoms with Crippen molar-refractivity contribution in [1.82, 2.24) is 9.88 Å². The Balaban J connectivity index is 0.000000349. The molecule has 26 heavy (non-hydrogen) atoms. The van der Waals surface area contributed by atoms with Crippen molar-refractivity contribution in [2.75, 3.05) is 19.8 Å². The molecule has 0 spiro atoms. The lowest BCUT2D eigenvalue weighted by Gasteiger charge is -2.45. The van der Waals surface area contributed by atoms with Crippen molar-refractivity contribution in [2.24, 2.45) is 5.92 Å². The topological polar surface area (TPSA) is 97.2 Å². The third kappa shape index (κ3) is 3.89. The van der Waals surface area contributed by atoms with E-state index in [4.69, 9.17) is 21.4 Å². The number of likely N-dealkylation sites (tertiary alicyclic amines) is 1. The highest BCUT2D eigenvalue weighted by Crippen LogP contribution is 2.46. The van der Waals surface area contributed by atoms with Crippen LogP contribution in [0, 0.1) is 17.2 Å². The summed E-state index contributed by atoms with van der Waals surface area (Å²) in [5, 5.41) is 11.1. The molecule has 1 fully saturated rings. The molecule has 2 N–H and O–H groups in total. The molecule has 1 aliphatic heterocycles. The lowest BCUT2D eigenvalue weighted by molar-refractivity contribution is 0.113. The van der Waals surface area contributed by atoms with Crippen LogP contribution in [0.25, 0.3) is 10.9 Å². The number of nitrogens with zero attached hydrogens (tertiary/aromatic N) is 2. The molecule has 0 radical (unpaired) electrons. The van der Waals surface area contributed by atoms with Crippen molar-refractivity contribution in [3.63, 3.8) is 0 Å². The monoisotopic (exact) mass is 395 g/mol. The number of likely N-dealkylation sites (N-methyl/N-ethyl adjacent to an activating group) is 1. The largest absolute Gasteiger partial charge is 0.345 e. The zero-order valence-corrected chi connectivity index (χ0v) is 16.3. The normalized spacial score (nSPS) is 25.1. The van der Waals surface area contributed by atoms with Crippen molar-refractivity contribution in [1.29, 1.82) is 5.26 Å². The summed E-state index contributed by atoms with van der Waals surface area (Å²) in [5.74, 6) is 0.998. The molecule has 2 heterocycles. The minimum Gasteiger partial charge on any atom is -0.345 e. The predicted octanol–water partition coefficient (Wildman–Crippen LogP) is 3.20. The van der Waals surface area contributed by atoms with Gasteiger partial charge in [0, 0.05) is 35.8 Å². The first-order chi connectivity index (χ1) is 12.2. The van der Waals surface area contributed by atoms with Gasteiger partial charge in [0.15, 0.2) is 0 Å². The van der Waals surface area contributed by atoms with Crippen LogP contribution >= 0.6 is 11.6 Å². The Morgan fingerprint density at radius 3 is 2.81 bits per heavy atom. The summed E-state index contributed by atoms with van der Waals surface area (Å²) < 4.78 is 25.9. The molecule has 1 saturated heterocycles. The second-order valence-electron chi connectivity index (χ2n) is 7.20. The number of rotatable bonds is 1. The number of hydrogen-bond donors (Lipinski definition) is 2. The van der Waals surface area contributed by atoms with Crippen LogP contribution in [0.3, 0.4) is 0 Å². The van der Waals surface area contributed by atoms with Crippen LogP contribution in [0.15, 0.2) is 18.2 Å². The van der Waals surface area contributed by atoms with Crippen LogP contribution in [0.1, 0.15) is 29.9 Å². The Kier molecular flexibility index (Phi) is 5.31. The van der Waals surface area contributed by atoms with Gasteiger partial charge in [-0.25, -0.2) is 0 Å². The Labute approximate surface area is 158 Å². The molecule has 2 aliphatic rings. The first-order valence-electron chi connectivity index (χ1n) is 8.47. The van der Waals surface area contributed by atoms with Gasteiger partial charge in [0.25, 0.3) is 10.1 Å². The van der Waals surface area contributed by atoms with Crippen LogP contribution in [-0.2, 0) is 16.5 Å². The van der Waals surface area contributed by atoms with Crippen LogP contribution in [0.5, 0.6) is 0 Å². The van der Waals surface area contributed by atoms with E-state index in [9.17, 15) is 8.42 Å². The second-order valence-corrected chi connectivity index (χ2v) is 9.05. The van der Waals surface area contributed by atoms with E-state index < -0.39 is 10.1 Å². The molecule has 4 rings (SSSR count). The molecule has 1 aromatic heterocycles. The minimum atomic E-state index is -3.67. The van der Waals surface area contributed by atoms with E-state index >= 15 is 0 Å². The number of hydrogen-bond acceptors (Lipinski definition) is 4. The van der Waals surface area contributed by atoms with Crippen molar-refractivity contribution < 1.29 is 13.0 Å². The maximum atomic E-state index is 9.19. The maximum absolute atomic E-state index is 9.19. The van der Waals surface area contributed by atoms with Gasteiger partial charge in [0.1, 0.15) is 5.15 Å². The lowest BCUT2D eigenvalue weighted by Crippen LogP contribution is -2.47. The molecule has 1 aromatic carbocycles. The highest BCUT2D eigenvalue weighted by Gasteiger charge is 2.39. The van der Waals surface area contributed by atoms with Crippen LogP contribution in [0.2, 0.25) is 5.15 Å². The zero-order valence-electron chi connectivity index (χ0n) is 14.7. The summed E-state index contributed by atoms with van der Waals surface area (Å²) in [5.41, 5.74) is 3.83. The number of aromatic amines is 1. The summed E-state index contributed by atoms with van der Waals surface area (Å²) >= 11 is 6.41. The van der Waals surface area contributed by atoms with Gasteiger partial charge < -0.3 is 9.88 Å². The predicted molar refractivity (Wildman–Crippen MR) is 102 cm³/mol. The fraction of sp³-hybridized carbons (Fsp3) is 0.500. The molecule has 2 aromatic rings. The van der Waals surface area contributed by atoms with Crippen molar-refractivity contribution in [3.8, 4) is 6.07 Å². The van der Waals surface area contributed by atoms with Crippen LogP contribution in [0.4, 0.5) is 0 Å². The van der Waals surface area contributed by atoms with Gasteiger partial charge in [-0.1, -0.05) is 23.7 Å². The summed E-state index contributed by atoms with van der Waals surface area (Å²) in [4.78, 5) is 5.75.